The molecule has 1 unspecified atom stereocenters. The highest BCUT2D eigenvalue weighted by molar-refractivity contribution is 7.89. The molecule has 1 saturated heterocycles. The van der Waals surface area contributed by atoms with Gasteiger partial charge in [-0.3, -0.25) is 0 Å². The van der Waals surface area contributed by atoms with Crippen molar-refractivity contribution in [2.45, 2.75) is 31.9 Å². The van der Waals surface area contributed by atoms with Gasteiger partial charge >= 0.3 is 0 Å². The van der Waals surface area contributed by atoms with E-state index in [1.165, 1.54) is 6.20 Å². The second kappa shape index (κ2) is 7.95. The van der Waals surface area contributed by atoms with Crippen LogP contribution >= 0.6 is 0 Å². The Hall–Kier alpha value is -2.72. The molecule has 0 bridgehead atoms. The van der Waals surface area contributed by atoms with Crippen LogP contribution in [-0.2, 0) is 20.3 Å². The predicted molar refractivity (Wildman–Crippen MR) is 122 cm³/mol. The van der Waals surface area contributed by atoms with Crippen LogP contribution in [0, 0.1) is 17.8 Å². The minimum Gasteiger partial charge on any atom is -0.490 e. The summed E-state index contributed by atoms with van der Waals surface area (Å²) in [5.41, 5.74) is 6.75. The number of sulfonamides is 1. The van der Waals surface area contributed by atoms with Crippen LogP contribution in [0.25, 0.3) is 11.1 Å². The third-order valence-corrected chi connectivity index (χ3v) is 8.81. The smallest absolute Gasteiger partial charge is 0.283 e. The number of aromatic nitrogens is 1. The lowest BCUT2D eigenvalue weighted by Crippen LogP contribution is -2.58. The normalized spacial score (nSPS) is 27.0. The lowest BCUT2D eigenvalue weighted by molar-refractivity contribution is -0.00350. The molecular formula is C23H27FN4O4S. The summed E-state index contributed by atoms with van der Waals surface area (Å²) >= 11 is 0. The third-order valence-electron chi connectivity index (χ3n) is 6.61. The highest BCUT2D eigenvalue weighted by Gasteiger charge is 2.56. The van der Waals surface area contributed by atoms with Gasteiger partial charge < -0.3 is 15.2 Å². The third kappa shape index (κ3) is 3.74. The number of ether oxygens (including phenoxy) is 2. The molecule has 0 radical (unpaired) electrons. The molecule has 1 spiro atoms. The number of halogens is 1. The van der Waals surface area contributed by atoms with Gasteiger partial charge in [0.1, 0.15) is 24.0 Å². The summed E-state index contributed by atoms with van der Waals surface area (Å²) in [5.74, 6) is -0.136. The van der Waals surface area contributed by atoms with Gasteiger partial charge in [-0.25, -0.2) is 22.7 Å². The fraction of sp³-hybridized carbons (Fsp3) is 0.478. The average Bonchev–Trinajstić information content (AvgIpc) is 3.15. The van der Waals surface area contributed by atoms with Crippen LogP contribution in [0.3, 0.4) is 0 Å². The van der Waals surface area contributed by atoms with E-state index in [-0.39, 0.29) is 42.9 Å². The van der Waals surface area contributed by atoms with Gasteiger partial charge in [0.2, 0.25) is 16.0 Å². The molecule has 0 aliphatic carbocycles. The van der Waals surface area contributed by atoms with Crippen molar-refractivity contribution in [3.8, 4) is 16.9 Å². The number of aliphatic imine (C=N–C) groups is 1. The SMILES string of the molecule is CC(C)CS(=O)(=O)N1CC[C@@H]2Oc3ccc(-c4cccnc4F)cc3C3(COC(N)=N3)[C@H]2C1. The molecule has 3 atom stereocenters. The number of hydrogen-bond acceptors (Lipinski definition) is 7. The Morgan fingerprint density at radius 3 is 2.85 bits per heavy atom. The van der Waals surface area contributed by atoms with Crippen molar-refractivity contribution >= 4 is 16.0 Å². The molecule has 1 fully saturated rings. The van der Waals surface area contributed by atoms with Crippen molar-refractivity contribution in [2.24, 2.45) is 22.6 Å². The van der Waals surface area contributed by atoms with Gasteiger partial charge in [-0.15, -0.1) is 0 Å². The highest BCUT2D eigenvalue weighted by Crippen LogP contribution is 2.51. The van der Waals surface area contributed by atoms with Crippen molar-refractivity contribution < 1.29 is 22.3 Å². The highest BCUT2D eigenvalue weighted by atomic mass is 32.2. The van der Waals surface area contributed by atoms with Gasteiger partial charge in [-0.1, -0.05) is 19.9 Å². The van der Waals surface area contributed by atoms with Gasteiger partial charge in [0.05, 0.1) is 5.75 Å². The second-order valence-electron chi connectivity index (χ2n) is 9.30. The van der Waals surface area contributed by atoms with E-state index in [2.05, 4.69) is 4.98 Å². The van der Waals surface area contributed by atoms with Gasteiger partial charge in [-0.2, -0.15) is 4.39 Å². The molecule has 176 valence electrons. The zero-order valence-corrected chi connectivity index (χ0v) is 19.4. The van der Waals surface area contributed by atoms with Crippen LogP contribution in [0.4, 0.5) is 4.39 Å². The Labute approximate surface area is 192 Å². The lowest BCUT2D eigenvalue weighted by Gasteiger charge is -2.48. The van der Waals surface area contributed by atoms with E-state index in [1.54, 1.807) is 28.6 Å². The fourth-order valence-corrected chi connectivity index (χ4v) is 6.98. The molecular weight excluding hydrogens is 447 g/mol. The zero-order chi connectivity index (χ0) is 23.4. The molecule has 3 aliphatic heterocycles. The maximum absolute atomic E-state index is 14.4. The van der Waals surface area contributed by atoms with E-state index in [0.29, 0.717) is 35.4 Å². The van der Waals surface area contributed by atoms with Crippen LogP contribution in [0.5, 0.6) is 5.75 Å². The van der Waals surface area contributed by atoms with Crippen LogP contribution in [0.1, 0.15) is 25.8 Å². The standard InChI is InChI=1S/C23H27FN4O4S/c1-14(2)12-33(29,30)28-9-7-20-18(11-28)23(13-31-22(25)27-23)17-10-15(5-6-19(17)32-20)16-4-3-8-26-21(16)24/h3-6,8,10,14,18,20H,7,9,11-13H2,1-2H3,(H2,25,27)/t18-,20-,23?/m0/s1. The Morgan fingerprint density at radius 1 is 1.33 bits per heavy atom. The fourth-order valence-electron chi connectivity index (χ4n) is 5.16. The minimum atomic E-state index is -3.43. The number of nitrogens with two attached hydrogens (primary N) is 1. The topological polar surface area (TPSA) is 107 Å². The maximum atomic E-state index is 14.4. The average molecular weight is 475 g/mol. The van der Waals surface area contributed by atoms with Crippen molar-refractivity contribution in [3.63, 3.8) is 0 Å². The molecule has 1 aromatic carbocycles. The molecule has 0 amide bonds. The van der Waals surface area contributed by atoms with Gasteiger partial charge in [0.25, 0.3) is 6.02 Å². The monoisotopic (exact) mass is 474 g/mol. The largest absolute Gasteiger partial charge is 0.490 e. The molecule has 0 saturated carbocycles. The van der Waals surface area contributed by atoms with Crippen molar-refractivity contribution in [2.75, 3.05) is 25.4 Å². The molecule has 33 heavy (non-hydrogen) atoms. The maximum Gasteiger partial charge on any atom is 0.283 e. The van der Waals surface area contributed by atoms with E-state index in [9.17, 15) is 12.8 Å². The van der Waals surface area contributed by atoms with E-state index < -0.39 is 21.5 Å². The van der Waals surface area contributed by atoms with Crippen LogP contribution in [-0.4, -0.2) is 55.3 Å². The molecule has 3 aliphatic rings. The second-order valence-corrected chi connectivity index (χ2v) is 11.3. The quantitative estimate of drug-likeness (QED) is 0.683. The summed E-state index contributed by atoms with van der Waals surface area (Å²) in [7, 11) is -3.43. The molecule has 8 nitrogen and oxygen atoms in total. The van der Waals surface area contributed by atoms with E-state index in [0.717, 1.165) is 0 Å². The number of fused-ring (bicyclic) bond motifs is 4. The molecule has 4 heterocycles. The van der Waals surface area contributed by atoms with Crippen LogP contribution in [0.2, 0.25) is 0 Å². The minimum absolute atomic E-state index is 0.0189. The predicted octanol–water partition coefficient (Wildman–Crippen LogP) is 2.50. The van der Waals surface area contributed by atoms with Gasteiger partial charge in [0.15, 0.2) is 0 Å². The molecule has 5 rings (SSSR count). The van der Waals surface area contributed by atoms with Crippen LogP contribution in [0.15, 0.2) is 41.5 Å². The Kier molecular flexibility index (Phi) is 5.32. The van der Waals surface area contributed by atoms with E-state index >= 15 is 0 Å². The van der Waals surface area contributed by atoms with Gasteiger partial charge in [0, 0.05) is 36.3 Å². The van der Waals surface area contributed by atoms with E-state index in [1.807, 2.05) is 19.9 Å². The molecule has 2 N–H and O–H groups in total. The van der Waals surface area contributed by atoms with E-state index in [4.69, 9.17) is 20.2 Å². The summed E-state index contributed by atoms with van der Waals surface area (Å²) in [6, 6.07) is 8.82. The first-order chi connectivity index (χ1) is 15.7. The Morgan fingerprint density at radius 2 is 2.15 bits per heavy atom. The van der Waals surface area contributed by atoms with Gasteiger partial charge in [-0.05, 0) is 42.2 Å². The Balaban J connectivity index is 1.59. The first-order valence-electron chi connectivity index (χ1n) is 11.1. The number of benzene rings is 1. The van der Waals surface area contributed by atoms with Crippen molar-refractivity contribution in [1.29, 1.82) is 0 Å². The molecule has 1 aromatic heterocycles. The number of hydrogen-bond donors (Lipinski definition) is 1. The number of nitrogens with zero attached hydrogens (tertiary/aromatic N) is 3. The zero-order valence-electron chi connectivity index (χ0n) is 18.6. The van der Waals surface area contributed by atoms with Crippen molar-refractivity contribution in [3.05, 3.63) is 48.0 Å². The van der Waals surface area contributed by atoms with Crippen molar-refractivity contribution in [1.82, 2.24) is 9.29 Å². The number of piperidine rings is 1. The molecule has 10 heteroatoms. The Bertz CT molecular complexity index is 1220. The summed E-state index contributed by atoms with van der Waals surface area (Å²) in [6.07, 6.45) is 1.70. The molecule has 2 aromatic rings. The summed E-state index contributed by atoms with van der Waals surface area (Å²) in [5, 5.41) is 0. The summed E-state index contributed by atoms with van der Waals surface area (Å²) < 4.78 is 53.9. The lowest BCUT2D eigenvalue weighted by atomic mass is 9.71. The van der Waals surface area contributed by atoms with Crippen LogP contribution < -0.4 is 10.5 Å². The number of amidine groups is 1. The number of rotatable bonds is 4. The first-order valence-corrected chi connectivity index (χ1v) is 12.7. The number of pyridine rings is 1. The summed E-state index contributed by atoms with van der Waals surface area (Å²) in [6.45, 7) is 4.60. The first kappa shape index (κ1) is 22.1. The summed E-state index contributed by atoms with van der Waals surface area (Å²) in [4.78, 5) is 8.45.